The Morgan fingerprint density at radius 2 is 1.39 bits per heavy atom. The van der Waals surface area contributed by atoms with Crippen molar-refractivity contribution < 1.29 is 0 Å². The molecule has 1 aliphatic rings. The van der Waals surface area contributed by atoms with Crippen LogP contribution >= 0.6 is 0 Å². The molecular weight excluding hydrogens is 398 g/mol. The molecule has 0 amide bonds. The fourth-order valence-corrected chi connectivity index (χ4v) is 5.17. The van der Waals surface area contributed by atoms with Crippen molar-refractivity contribution >= 4 is 28.6 Å². The van der Waals surface area contributed by atoms with E-state index >= 15 is 0 Å². The Morgan fingerprint density at radius 1 is 0.636 bits per heavy atom. The fourth-order valence-electron chi connectivity index (χ4n) is 5.17. The lowest BCUT2D eigenvalue weighted by Crippen LogP contribution is -2.02. The molecule has 0 saturated carbocycles. The number of fused-ring (bicyclic) bond motifs is 2. The van der Waals surface area contributed by atoms with E-state index in [2.05, 4.69) is 121 Å². The lowest BCUT2D eigenvalue weighted by molar-refractivity contribution is 1.07. The third kappa shape index (κ3) is 3.30. The standard InChI is InChI=1S/C32H23N/c33-21-27-18-17-23-11-4-6-15-28(23)31(27)25-13-8-14-26(19-25)32-29-16-7-5-12-24(29)20-30(32)22-9-2-1-3-10-22/h1-21,32-33H. The summed E-state index contributed by atoms with van der Waals surface area (Å²) in [5.74, 6) is 0.182. The molecule has 1 atom stereocenters. The van der Waals surface area contributed by atoms with Crippen molar-refractivity contribution in [1.29, 1.82) is 5.41 Å². The van der Waals surface area contributed by atoms with Crippen molar-refractivity contribution in [2.45, 2.75) is 5.92 Å². The first-order chi connectivity index (χ1) is 16.3. The molecule has 1 aliphatic carbocycles. The van der Waals surface area contributed by atoms with Crippen LogP contribution in [-0.4, -0.2) is 6.21 Å². The Hall–Kier alpha value is -4.23. The zero-order chi connectivity index (χ0) is 22.2. The Labute approximate surface area is 194 Å². The van der Waals surface area contributed by atoms with Gasteiger partial charge in [0.25, 0.3) is 0 Å². The second kappa shape index (κ2) is 8.03. The highest BCUT2D eigenvalue weighted by Crippen LogP contribution is 2.46. The van der Waals surface area contributed by atoms with Crippen LogP contribution in [0.1, 0.15) is 33.7 Å². The predicted molar refractivity (Wildman–Crippen MR) is 140 cm³/mol. The molecule has 0 bridgehead atoms. The van der Waals surface area contributed by atoms with Gasteiger partial charge in [-0.05, 0) is 55.8 Å². The van der Waals surface area contributed by atoms with Crippen LogP contribution in [0, 0.1) is 5.41 Å². The minimum absolute atomic E-state index is 0.182. The van der Waals surface area contributed by atoms with Crippen LogP contribution in [0.2, 0.25) is 0 Å². The number of nitrogens with one attached hydrogen (secondary N) is 1. The molecule has 0 spiro atoms. The average Bonchev–Trinajstić information content (AvgIpc) is 3.28. The van der Waals surface area contributed by atoms with Crippen molar-refractivity contribution in [3.05, 3.63) is 143 Å². The van der Waals surface area contributed by atoms with Gasteiger partial charge in [-0.3, -0.25) is 0 Å². The van der Waals surface area contributed by atoms with E-state index in [0.717, 1.165) is 16.7 Å². The van der Waals surface area contributed by atoms with Gasteiger partial charge in [0.2, 0.25) is 0 Å². The largest absolute Gasteiger partial charge is 0.308 e. The van der Waals surface area contributed by atoms with Gasteiger partial charge in [0.15, 0.2) is 0 Å². The summed E-state index contributed by atoms with van der Waals surface area (Å²) < 4.78 is 0. The summed E-state index contributed by atoms with van der Waals surface area (Å²) in [5.41, 5.74) is 9.72. The zero-order valence-corrected chi connectivity index (χ0v) is 18.2. The molecule has 1 heteroatoms. The zero-order valence-electron chi connectivity index (χ0n) is 18.2. The van der Waals surface area contributed by atoms with Crippen molar-refractivity contribution in [2.75, 3.05) is 0 Å². The van der Waals surface area contributed by atoms with E-state index in [1.165, 1.54) is 44.8 Å². The van der Waals surface area contributed by atoms with Crippen LogP contribution in [0.15, 0.2) is 115 Å². The number of hydrogen-bond acceptors (Lipinski definition) is 1. The van der Waals surface area contributed by atoms with E-state index in [9.17, 15) is 0 Å². The molecule has 0 fully saturated rings. The molecule has 0 radical (unpaired) electrons. The van der Waals surface area contributed by atoms with E-state index in [0.29, 0.717) is 0 Å². The molecule has 1 unspecified atom stereocenters. The van der Waals surface area contributed by atoms with Gasteiger partial charge < -0.3 is 5.41 Å². The SMILES string of the molecule is N=Cc1ccc2ccccc2c1-c1cccc(C2C(c3ccccc3)=Cc3ccccc32)c1. The van der Waals surface area contributed by atoms with E-state index in [1.54, 1.807) is 0 Å². The van der Waals surface area contributed by atoms with E-state index in [1.807, 2.05) is 0 Å². The Bertz CT molecular complexity index is 1530. The summed E-state index contributed by atoms with van der Waals surface area (Å²) >= 11 is 0. The monoisotopic (exact) mass is 421 g/mol. The van der Waals surface area contributed by atoms with Crippen LogP contribution in [0.4, 0.5) is 0 Å². The Kier molecular flexibility index (Phi) is 4.74. The predicted octanol–water partition coefficient (Wildman–Crippen LogP) is 8.19. The van der Waals surface area contributed by atoms with Crippen LogP contribution in [0.5, 0.6) is 0 Å². The number of hydrogen-bond donors (Lipinski definition) is 1. The maximum atomic E-state index is 8.04. The van der Waals surface area contributed by atoms with E-state index in [4.69, 9.17) is 5.41 Å². The summed E-state index contributed by atoms with van der Waals surface area (Å²) in [6, 6.07) is 40.9. The first-order valence-electron chi connectivity index (χ1n) is 11.3. The second-order valence-corrected chi connectivity index (χ2v) is 8.55. The maximum absolute atomic E-state index is 8.04. The molecule has 1 nitrogen and oxygen atoms in total. The molecule has 156 valence electrons. The highest BCUT2D eigenvalue weighted by molar-refractivity contribution is 6.05. The lowest BCUT2D eigenvalue weighted by Gasteiger charge is -2.20. The molecular formula is C32H23N. The smallest absolute Gasteiger partial charge is 0.0352 e. The summed E-state index contributed by atoms with van der Waals surface area (Å²) in [6.07, 6.45) is 3.80. The summed E-state index contributed by atoms with van der Waals surface area (Å²) in [6.45, 7) is 0. The number of allylic oxidation sites excluding steroid dienone is 1. The first kappa shape index (κ1) is 19.5. The van der Waals surface area contributed by atoms with E-state index < -0.39 is 0 Å². The van der Waals surface area contributed by atoms with Gasteiger partial charge in [-0.15, -0.1) is 0 Å². The van der Waals surface area contributed by atoms with Gasteiger partial charge >= 0.3 is 0 Å². The first-order valence-corrected chi connectivity index (χ1v) is 11.3. The second-order valence-electron chi connectivity index (χ2n) is 8.55. The van der Waals surface area contributed by atoms with E-state index in [-0.39, 0.29) is 5.92 Å². The summed E-state index contributed by atoms with van der Waals surface area (Å²) in [7, 11) is 0. The van der Waals surface area contributed by atoms with Crippen molar-refractivity contribution in [3.8, 4) is 11.1 Å². The van der Waals surface area contributed by atoms with Gasteiger partial charge in [0.05, 0.1) is 0 Å². The molecule has 0 saturated heterocycles. The Balaban J connectivity index is 1.55. The molecule has 1 N–H and O–H groups in total. The van der Waals surface area contributed by atoms with Crippen molar-refractivity contribution in [2.24, 2.45) is 0 Å². The molecule has 6 rings (SSSR count). The van der Waals surface area contributed by atoms with Crippen LogP contribution in [0.25, 0.3) is 33.5 Å². The summed E-state index contributed by atoms with van der Waals surface area (Å²) in [5, 5.41) is 10.4. The normalized spacial score (nSPS) is 14.7. The average molecular weight is 422 g/mol. The minimum Gasteiger partial charge on any atom is -0.308 e. The van der Waals surface area contributed by atoms with Crippen LogP contribution in [-0.2, 0) is 0 Å². The topological polar surface area (TPSA) is 23.9 Å². The lowest BCUT2D eigenvalue weighted by atomic mass is 9.83. The van der Waals surface area contributed by atoms with Crippen LogP contribution < -0.4 is 0 Å². The van der Waals surface area contributed by atoms with Crippen LogP contribution in [0.3, 0.4) is 0 Å². The quantitative estimate of drug-likeness (QED) is 0.283. The highest BCUT2D eigenvalue weighted by Gasteiger charge is 2.27. The number of benzene rings is 5. The number of rotatable bonds is 4. The third-order valence-corrected chi connectivity index (χ3v) is 6.66. The van der Waals surface area contributed by atoms with Gasteiger partial charge in [-0.2, -0.15) is 0 Å². The highest BCUT2D eigenvalue weighted by atomic mass is 14.3. The van der Waals surface area contributed by atoms with Gasteiger partial charge in [0.1, 0.15) is 0 Å². The van der Waals surface area contributed by atoms with Crippen molar-refractivity contribution in [3.63, 3.8) is 0 Å². The van der Waals surface area contributed by atoms with Gasteiger partial charge in [0, 0.05) is 17.7 Å². The van der Waals surface area contributed by atoms with Crippen molar-refractivity contribution in [1.82, 2.24) is 0 Å². The van der Waals surface area contributed by atoms with Gasteiger partial charge in [-0.1, -0.05) is 115 Å². The Morgan fingerprint density at radius 3 is 2.27 bits per heavy atom. The summed E-state index contributed by atoms with van der Waals surface area (Å²) in [4.78, 5) is 0. The fraction of sp³-hybridized carbons (Fsp3) is 0.0312. The minimum atomic E-state index is 0.182. The maximum Gasteiger partial charge on any atom is 0.0352 e. The molecule has 0 heterocycles. The molecule has 5 aromatic rings. The third-order valence-electron chi connectivity index (χ3n) is 6.66. The molecule has 0 aliphatic heterocycles. The molecule has 33 heavy (non-hydrogen) atoms. The van der Waals surface area contributed by atoms with Gasteiger partial charge in [-0.25, -0.2) is 0 Å². The molecule has 0 aromatic heterocycles. The molecule has 5 aromatic carbocycles.